The summed E-state index contributed by atoms with van der Waals surface area (Å²) in [5.74, 6) is -7.70. The highest BCUT2D eigenvalue weighted by Gasteiger charge is 2.39. The molecule has 0 spiro atoms. The van der Waals surface area contributed by atoms with Crippen LogP contribution in [0.5, 0.6) is 0 Å². The predicted octanol–water partition coefficient (Wildman–Crippen LogP) is 3.49. The smallest absolute Gasteiger partial charge is 0.232 e. The molecule has 1 heterocycles. The number of nitrogens with zero attached hydrogens (tertiary/aromatic N) is 3. The molecule has 128 valence electrons. The summed E-state index contributed by atoms with van der Waals surface area (Å²) < 4.78 is 68.6. The summed E-state index contributed by atoms with van der Waals surface area (Å²) in [4.78, 5) is 11.0. The minimum Gasteiger partial charge on any atom is -0.368 e. The van der Waals surface area contributed by atoms with E-state index in [0.29, 0.717) is 12.8 Å². The third kappa shape index (κ3) is 2.83. The van der Waals surface area contributed by atoms with Crippen LogP contribution in [0.4, 0.5) is 39.5 Å². The fourth-order valence-electron chi connectivity index (χ4n) is 2.60. The summed E-state index contributed by atoms with van der Waals surface area (Å²) in [5, 5.41) is 2.01. The van der Waals surface area contributed by atoms with Crippen molar-refractivity contribution in [2.75, 3.05) is 11.1 Å². The quantitative estimate of drug-likeness (QED) is 0.658. The second kappa shape index (κ2) is 5.84. The number of hydrogen-bond acceptors (Lipinski definition) is 5. The first-order valence-corrected chi connectivity index (χ1v) is 7.11. The number of aromatic nitrogens is 3. The van der Waals surface area contributed by atoms with Crippen molar-refractivity contribution in [2.24, 2.45) is 0 Å². The summed E-state index contributed by atoms with van der Waals surface area (Å²) in [6, 6.07) is 0.0676. The Morgan fingerprint density at radius 2 is 1.54 bits per heavy atom. The van der Waals surface area contributed by atoms with E-state index >= 15 is 0 Å². The van der Waals surface area contributed by atoms with Crippen molar-refractivity contribution in [3.05, 3.63) is 35.2 Å². The minimum atomic E-state index is -1.82. The van der Waals surface area contributed by atoms with E-state index in [9.17, 15) is 22.0 Å². The molecule has 2 aromatic rings. The Morgan fingerprint density at radius 3 is 2.12 bits per heavy atom. The van der Waals surface area contributed by atoms with Crippen molar-refractivity contribution in [2.45, 2.75) is 31.4 Å². The summed E-state index contributed by atoms with van der Waals surface area (Å²) >= 11 is 0. The molecule has 10 heteroatoms. The van der Waals surface area contributed by atoms with Crippen LogP contribution in [0.1, 0.15) is 31.5 Å². The fraction of sp³-hybridized carbons (Fsp3) is 0.357. The summed E-state index contributed by atoms with van der Waals surface area (Å²) in [5.41, 5.74) is 2.51. The molecule has 3 rings (SSSR count). The number of nitrogens with two attached hydrogens (primary N) is 1. The molecule has 1 aromatic heterocycles. The van der Waals surface area contributed by atoms with Gasteiger partial charge in [0.1, 0.15) is 5.69 Å². The first kappa shape index (κ1) is 16.3. The van der Waals surface area contributed by atoms with E-state index in [-0.39, 0.29) is 30.7 Å². The molecule has 0 aliphatic heterocycles. The van der Waals surface area contributed by atoms with Gasteiger partial charge in [-0.15, -0.1) is 0 Å². The van der Waals surface area contributed by atoms with Crippen LogP contribution in [-0.2, 0) is 5.67 Å². The van der Waals surface area contributed by atoms with Crippen LogP contribution in [-0.4, -0.2) is 15.0 Å². The van der Waals surface area contributed by atoms with Crippen LogP contribution in [0.25, 0.3) is 0 Å². The van der Waals surface area contributed by atoms with Gasteiger partial charge in [-0.25, -0.2) is 22.0 Å². The van der Waals surface area contributed by atoms with Gasteiger partial charge in [-0.3, -0.25) is 0 Å². The van der Waals surface area contributed by atoms with Crippen LogP contribution in [0, 0.1) is 23.3 Å². The van der Waals surface area contributed by atoms with Crippen molar-refractivity contribution >= 4 is 17.6 Å². The average Bonchev–Trinajstić information content (AvgIpc) is 2.97. The first-order valence-electron chi connectivity index (χ1n) is 7.11. The Labute approximate surface area is 133 Å². The van der Waals surface area contributed by atoms with Gasteiger partial charge in [0.2, 0.25) is 11.9 Å². The summed E-state index contributed by atoms with van der Waals surface area (Å²) in [6.45, 7) is 0. The maximum Gasteiger partial charge on any atom is 0.232 e. The van der Waals surface area contributed by atoms with Crippen molar-refractivity contribution < 1.29 is 22.0 Å². The van der Waals surface area contributed by atoms with Crippen molar-refractivity contribution in [1.82, 2.24) is 15.0 Å². The van der Waals surface area contributed by atoms with Crippen molar-refractivity contribution in [1.29, 1.82) is 0 Å². The third-order valence-corrected chi connectivity index (χ3v) is 3.80. The second-order valence-corrected chi connectivity index (χ2v) is 5.48. The van der Waals surface area contributed by atoms with Gasteiger partial charge in [-0.1, -0.05) is 0 Å². The lowest BCUT2D eigenvalue weighted by Crippen LogP contribution is -2.21. The number of halogens is 5. The van der Waals surface area contributed by atoms with Crippen LogP contribution in [0.3, 0.4) is 0 Å². The zero-order chi connectivity index (χ0) is 17.5. The lowest BCUT2D eigenvalue weighted by Gasteiger charge is -2.18. The Hall–Kier alpha value is -2.52. The number of nitrogens with one attached hydrogen (secondary N) is 1. The highest BCUT2D eigenvalue weighted by molar-refractivity contribution is 5.56. The molecule has 0 saturated heterocycles. The van der Waals surface area contributed by atoms with E-state index in [1.54, 1.807) is 0 Å². The number of nitrogen functional groups attached to an aromatic ring is 1. The van der Waals surface area contributed by atoms with E-state index in [1.165, 1.54) is 0 Å². The van der Waals surface area contributed by atoms with Gasteiger partial charge in [0.05, 0.1) is 0 Å². The first-order chi connectivity index (χ1) is 11.3. The van der Waals surface area contributed by atoms with Crippen molar-refractivity contribution in [3.63, 3.8) is 0 Å². The molecule has 1 aliphatic carbocycles. The number of alkyl halides is 1. The largest absolute Gasteiger partial charge is 0.368 e. The molecule has 0 amide bonds. The van der Waals surface area contributed by atoms with Crippen LogP contribution in [0.15, 0.2) is 6.07 Å². The zero-order valence-corrected chi connectivity index (χ0v) is 12.2. The molecular weight excluding hydrogens is 333 g/mol. The Bertz CT molecular complexity index is 765. The van der Waals surface area contributed by atoms with Gasteiger partial charge in [0.15, 0.2) is 34.8 Å². The molecule has 5 nitrogen and oxygen atoms in total. The molecule has 0 unspecified atom stereocenters. The molecule has 1 saturated carbocycles. The molecule has 0 bridgehead atoms. The highest BCUT2D eigenvalue weighted by Crippen LogP contribution is 2.41. The lowest BCUT2D eigenvalue weighted by molar-refractivity contribution is 0.161. The SMILES string of the molecule is Nc1nc(Nc2c(F)c(F)cc(F)c2F)nc(C2(F)CCCC2)n1. The van der Waals surface area contributed by atoms with Crippen LogP contribution >= 0.6 is 0 Å². The lowest BCUT2D eigenvalue weighted by atomic mass is 10.0. The second-order valence-electron chi connectivity index (χ2n) is 5.48. The topological polar surface area (TPSA) is 76.7 Å². The normalized spacial score (nSPS) is 16.4. The van der Waals surface area contributed by atoms with Gasteiger partial charge < -0.3 is 11.1 Å². The van der Waals surface area contributed by atoms with Gasteiger partial charge >= 0.3 is 0 Å². The van der Waals surface area contributed by atoms with E-state index in [0.717, 1.165) is 0 Å². The van der Waals surface area contributed by atoms with Gasteiger partial charge in [0, 0.05) is 6.07 Å². The van der Waals surface area contributed by atoms with E-state index in [1.807, 2.05) is 5.32 Å². The number of rotatable bonds is 3. The van der Waals surface area contributed by atoms with Crippen LogP contribution in [0.2, 0.25) is 0 Å². The molecular formula is C14H12F5N5. The zero-order valence-electron chi connectivity index (χ0n) is 12.2. The Morgan fingerprint density at radius 1 is 0.958 bits per heavy atom. The Kier molecular flexibility index (Phi) is 3.98. The van der Waals surface area contributed by atoms with E-state index in [4.69, 9.17) is 5.73 Å². The maximum absolute atomic E-state index is 14.7. The predicted molar refractivity (Wildman–Crippen MR) is 75.1 cm³/mol. The van der Waals surface area contributed by atoms with Gasteiger partial charge in [0.25, 0.3) is 0 Å². The fourth-order valence-corrected chi connectivity index (χ4v) is 2.60. The number of benzene rings is 1. The third-order valence-electron chi connectivity index (χ3n) is 3.80. The molecule has 1 fully saturated rings. The summed E-state index contributed by atoms with van der Waals surface area (Å²) in [6.07, 6.45) is 1.60. The molecule has 1 aliphatic rings. The van der Waals surface area contributed by atoms with Gasteiger partial charge in [-0.05, 0) is 25.7 Å². The number of anilines is 3. The molecule has 1 aromatic carbocycles. The molecule has 0 atom stereocenters. The monoisotopic (exact) mass is 345 g/mol. The Balaban J connectivity index is 2.01. The number of hydrogen-bond donors (Lipinski definition) is 2. The van der Waals surface area contributed by atoms with Crippen molar-refractivity contribution in [3.8, 4) is 0 Å². The minimum absolute atomic E-state index is 0.0676. The molecule has 3 N–H and O–H groups in total. The van der Waals surface area contributed by atoms with E-state index in [2.05, 4.69) is 15.0 Å². The van der Waals surface area contributed by atoms with E-state index < -0.39 is 40.6 Å². The van der Waals surface area contributed by atoms with Gasteiger partial charge in [-0.2, -0.15) is 15.0 Å². The summed E-state index contributed by atoms with van der Waals surface area (Å²) in [7, 11) is 0. The average molecular weight is 345 g/mol. The molecule has 24 heavy (non-hydrogen) atoms. The standard InChI is InChI=1S/C14H12F5N5/c15-6-5-7(16)9(18)10(8(6)17)21-13-23-11(22-12(20)24-13)14(19)3-1-2-4-14/h5H,1-4H2,(H3,20,21,22,23,24). The highest BCUT2D eigenvalue weighted by atomic mass is 19.2. The van der Waals surface area contributed by atoms with Crippen LogP contribution < -0.4 is 11.1 Å². The maximum atomic E-state index is 14.7. The molecule has 0 radical (unpaired) electrons.